The van der Waals surface area contributed by atoms with Crippen molar-refractivity contribution in [2.24, 2.45) is 0 Å². The third-order valence-electron chi connectivity index (χ3n) is 2.77. The number of hydrogen-bond donors (Lipinski definition) is 3. The van der Waals surface area contributed by atoms with Crippen LogP contribution in [0, 0.1) is 0 Å². The number of hydrogen-bond acceptors (Lipinski definition) is 5. The number of aliphatic hydroxyl groups is 1. The fourth-order valence-electron chi connectivity index (χ4n) is 1.95. The molecule has 6 heteroatoms. The van der Waals surface area contributed by atoms with Crippen molar-refractivity contribution in [2.45, 2.75) is 6.61 Å². The minimum absolute atomic E-state index is 0.0561. The first kappa shape index (κ1) is 10.7. The van der Waals surface area contributed by atoms with Crippen LogP contribution in [0.2, 0.25) is 0 Å². The predicted molar refractivity (Wildman–Crippen MR) is 67.5 cm³/mol. The number of nitrogens with two attached hydrogens (primary N) is 1. The molecule has 18 heavy (non-hydrogen) atoms. The molecule has 0 aliphatic heterocycles. The van der Waals surface area contributed by atoms with Crippen LogP contribution in [0.15, 0.2) is 30.5 Å². The zero-order chi connectivity index (χ0) is 12.5. The van der Waals surface area contributed by atoms with Crippen molar-refractivity contribution in [1.82, 2.24) is 20.2 Å². The maximum atomic E-state index is 9.37. The van der Waals surface area contributed by atoms with Crippen LogP contribution in [0.5, 0.6) is 0 Å². The van der Waals surface area contributed by atoms with Gasteiger partial charge in [0.1, 0.15) is 0 Å². The molecule has 0 atom stereocenters. The van der Waals surface area contributed by atoms with Gasteiger partial charge in [-0.05, 0) is 5.56 Å². The van der Waals surface area contributed by atoms with Gasteiger partial charge in [-0.3, -0.25) is 5.10 Å². The summed E-state index contributed by atoms with van der Waals surface area (Å²) in [4.78, 5) is 8.31. The van der Waals surface area contributed by atoms with E-state index in [1.807, 2.05) is 24.3 Å². The Kier molecular flexibility index (Phi) is 2.42. The van der Waals surface area contributed by atoms with Crippen molar-refractivity contribution in [2.75, 3.05) is 5.73 Å². The third-order valence-corrected chi connectivity index (χ3v) is 2.77. The van der Waals surface area contributed by atoms with Crippen molar-refractivity contribution >= 4 is 17.0 Å². The second-order valence-corrected chi connectivity index (χ2v) is 3.88. The van der Waals surface area contributed by atoms with Crippen LogP contribution >= 0.6 is 0 Å². The Morgan fingerprint density at radius 2 is 2.06 bits per heavy atom. The summed E-state index contributed by atoms with van der Waals surface area (Å²) in [7, 11) is 0. The van der Waals surface area contributed by atoms with E-state index in [2.05, 4.69) is 20.2 Å². The highest BCUT2D eigenvalue weighted by Gasteiger charge is 2.12. The van der Waals surface area contributed by atoms with Crippen LogP contribution in [-0.4, -0.2) is 25.3 Å². The SMILES string of the molecule is Nc1nc(-c2ccccc2CO)c2cn[nH]c2n1. The van der Waals surface area contributed by atoms with E-state index in [4.69, 9.17) is 5.73 Å². The molecule has 0 spiro atoms. The maximum Gasteiger partial charge on any atom is 0.222 e. The van der Waals surface area contributed by atoms with E-state index in [0.29, 0.717) is 11.3 Å². The second kappa shape index (κ2) is 4.08. The molecule has 0 aliphatic carbocycles. The van der Waals surface area contributed by atoms with Gasteiger partial charge in [-0.1, -0.05) is 24.3 Å². The lowest BCUT2D eigenvalue weighted by atomic mass is 10.0. The van der Waals surface area contributed by atoms with Gasteiger partial charge < -0.3 is 10.8 Å². The number of nitrogens with zero attached hydrogens (tertiary/aromatic N) is 3. The number of anilines is 1. The fraction of sp³-hybridized carbons (Fsp3) is 0.0833. The number of rotatable bonds is 2. The molecule has 0 amide bonds. The number of fused-ring (bicyclic) bond motifs is 1. The van der Waals surface area contributed by atoms with E-state index >= 15 is 0 Å². The molecule has 3 aromatic rings. The van der Waals surface area contributed by atoms with E-state index in [0.717, 1.165) is 16.5 Å². The van der Waals surface area contributed by atoms with Crippen molar-refractivity contribution in [3.8, 4) is 11.3 Å². The van der Waals surface area contributed by atoms with Crippen LogP contribution in [-0.2, 0) is 6.61 Å². The Hall–Kier alpha value is -2.47. The largest absolute Gasteiger partial charge is 0.392 e. The van der Waals surface area contributed by atoms with E-state index in [1.165, 1.54) is 0 Å². The molecule has 2 heterocycles. The molecule has 6 nitrogen and oxygen atoms in total. The van der Waals surface area contributed by atoms with Gasteiger partial charge in [0.25, 0.3) is 0 Å². The van der Waals surface area contributed by atoms with E-state index < -0.39 is 0 Å². The average Bonchev–Trinajstić information content (AvgIpc) is 2.85. The van der Waals surface area contributed by atoms with Crippen LogP contribution in [0.1, 0.15) is 5.56 Å². The van der Waals surface area contributed by atoms with Crippen molar-refractivity contribution in [3.05, 3.63) is 36.0 Å². The van der Waals surface area contributed by atoms with Crippen molar-refractivity contribution in [1.29, 1.82) is 0 Å². The molecule has 0 bridgehead atoms. The Morgan fingerprint density at radius 3 is 2.89 bits per heavy atom. The minimum Gasteiger partial charge on any atom is -0.392 e. The Morgan fingerprint density at radius 1 is 1.22 bits per heavy atom. The minimum atomic E-state index is -0.0561. The summed E-state index contributed by atoms with van der Waals surface area (Å²) >= 11 is 0. The molecule has 3 rings (SSSR count). The zero-order valence-corrected chi connectivity index (χ0v) is 9.46. The Balaban J connectivity index is 2.34. The number of nitrogen functional groups attached to an aromatic ring is 1. The number of nitrogens with one attached hydrogen (secondary N) is 1. The smallest absolute Gasteiger partial charge is 0.222 e. The fourth-order valence-corrected chi connectivity index (χ4v) is 1.95. The lowest BCUT2D eigenvalue weighted by Gasteiger charge is -2.07. The highest BCUT2D eigenvalue weighted by Crippen LogP contribution is 2.28. The molecule has 0 saturated heterocycles. The van der Waals surface area contributed by atoms with Crippen LogP contribution < -0.4 is 5.73 Å². The lowest BCUT2D eigenvalue weighted by Crippen LogP contribution is -1.99. The number of H-pyrrole nitrogens is 1. The summed E-state index contributed by atoms with van der Waals surface area (Å²) in [5.41, 5.74) is 8.57. The summed E-state index contributed by atoms with van der Waals surface area (Å²) in [6, 6.07) is 7.49. The summed E-state index contributed by atoms with van der Waals surface area (Å²) in [5.74, 6) is 0.175. The molecule has 2 aromatic heterocycles. The summed E-state index contributed by atoms with van der Waals surface area (Å²) in [6.45, 7) is -0.0561. The van der Waals surface area contributed by atoms with Gasteiger partial charge in [0.2, 0.25) is 5.95 Å². The first-order valence-electron chi connectivity index (χ1n) is 5.45. The molecule has 4 N–H and O–H groups in total. The molecular formula is C12H11N5O. The molecule has 1 aromatic carbocycles. The summed E-state index contributed by atoms with van der Waals surface area (Å²) < 4.78 is 0. The molecule has 0 radical (unpaired) electrons. The van der Waals surface area contributed by atoms with Crippen molar-refractivity contribution < 1.29 is 5.11 Å². The Bertz CT molecular complexity index is 707. The molecule has 0 aliphatic rings. The summed E-state index contributed by atoms with van der Waals surface area (Å²) in [6.07, 6.45) is 1.65. The number of benzene rings is 1. The molecule has 90 valence electrons. The first-order valence-corrected chi connectivity index (χ1v) is 5.45. The van der Waals surface area contributed by atoms with E-state index in [1.54, 1.807) is 6.20 Å². The normalized spacial score (nSPS) is 10.9. The monoisotopic (exact) mass is 241 g/mol. The van der Waals surface area contributed by atoms with Crippen LogP contribution in [0.25, 0.3) is 22.3 Å². The molecule has 0 fully saturated rings. The van der Waals surface area contributed by atoms with Crippen LogP contribution in [0.3, 0.4) is 0 Å². The Labute approximate surface area is 103 Å². The summed E-state index contributed by atoms with van der Waals surface area (Å²) in [5, 5.41) is 16.9. The highest BCUT2D eigenvalue weighted by atomic mass is 16.3. The highest BCUT2D eigenvalue weighted by molar-refractivity contribution is 5.91. The van der Waals surface area contributed by atoms with Crippen LogP contribution in [0.4, 0.5) is 5.95 Å². The number of aromatic nitrogens is 4. The van der Waals surface area contributed by atoms with E-state index in [-0.39, 0.29) is 12.6 Å². The van der Waals surface area contributed by atoms with Gasteiger partial charge in [0.15, 0.2) is 5.65 Å². The topological polar surface area (TPSA) is 101 Å². The average molecular weight is 241 g/mol. The lowest BCUT2D eigenvalue weighted by molar-refractivity contribution is 0.282. The van der Waals surface area contributed by atoms with Gasteiger partial charge >= 0.3 is 0 Å². The van der Waals surface area contributed by atoms with Gasteiger partial charge in [0, 0.05) is 5.56 Å². The standard InChI is InChI=1S/C12H11N5O/c13-12-15-10(9-5-14-17-11(9)16-12)8-4-2-1-3-7(8)6-18/h1-5,18H,6H2,(H3,13,14,15,16,17). The predicted octanol–water partition coefficient (Wildman–Crippen LogP) is 1.09. The molecule has 0 saturated carbocycles. The van der Waals surface area contributed by atoms with Gasteiger partial charge in [0.05, 0.1) is 23.9 Å². The van der Waals surface area contributed by atoms with Gasteiger partial charge in [-0.15, -0.1) is 0 Å². The molecule has 0 unspecified atom stereocenters. The maximum absolute atomic E-state index is 9.37. The second-order valence-electron chi connectivity index (χ2n) is 3.88. The van der Waals surface area contributed by atoms with E-state index in [9.17, 15) is 5.11 Å². The number of aromatic amines is 1. The van der Waals surface area contributed by atoms with Gasteiger partial charge in [-0.2, -0.15) is 10.1 Å². The molecular weight excluding hydrogens is 230 g/mol. The first-order chi connectivity index (χ1) is 8.79. The van der Waals surface area contributed by atoms with Crippen molar-refractivity contribution in [3.63, 3.8) is 0 Å². The third kappa shape index (κ3) is 1.59. The quantitative estimate of drug-likeness (QED) is 0.623. The van der Waals surface area contributed by atoms with Gasteiger partial charge in [-0.25, -0.2) is 4.98 Å². The zero-order valence-electron chi connectivity index (χ0n) is 9.46. The number of aliphatic hydroxyl groups excluding tert-OH is 1.